The number of rotatable bonds is 1. The molecule has 0 radical (unpaired) electrons. The van der Waals surface area contributed by atoms with Gasteiger partial charge in [0.25, 0.3) is 0 Å². The number of imidazole rings is 1. The third-order valence-electron chi connectivity index (χ3n) is 2.17. The number of hydrogen-bond acceptors (Lipinski definition) is 1. The Balaban J connectivity index is 2.54. The number of terminal acetylenes is 1. The molecule has 0 aliphatic carbocycles. The highest BCUT2D eigenvalue weighted by molar-refractivity contribution is 5.56. The van der Waals surface area contributed by atoms with Crippen LogP contribution in [0.15, 0.2) is 36.5 Å². The smallest absolute Gasteiger partial charge is 0.140 e. The third kappa shape index (κ3) is 1.29. The summed E-state index contributed by atoms with van der Waals surface area (Å²) in [6.07, 6.45) is 7.04. The van der Waals surface area contributed by atoms with Crippen molar-refractivity contribution in [2.75, 3.05) is 0 Å². The SMILES string of the molecule is C#Cc1cnc(-c2ccccc2)n1C. The zero-order valence-corrected chi connectivity index (χ0v) is 7.94. The fourth-order valence-electron chi connectivity index (χ4n) is 1.40. The Morgan fingerprint density at radius 2 is 2.00 bits per heavy atom. The topological polar surface area (TPSA) is 17.8 Å². The zero-order valence-electron chi connectivity index (χ0n) is 7.94. The maximum atomic E-state index is 5.33. The van der Waals surface area contributed by atoms with Crippen molar-refractivity contribution in [1.29, 1.82) is 0 Å². The first-order valence-electron chi connectivity index (χ1n) is 4.36. The summed E-state index contributed by atoms with van der Waals surface area (Å²) in [7, 11) is 1.92. The van der Waals surface area contributed by atoms with E-state index in [1.54, 1.807) is 6.20 Å². The van der Waals surface area contributed by atoms with E-state index in [0.717, 1.165) is 17.1 Å². The fourth-order valence-corrected chi connectivity index (χ4v) is 1.40. The summed E-state index contributed by atoms with van der Waals surface area (Å²) in [5.74, 6) is 3.49. The van der Waals surface area contributed by atoms with E-state index in [1.165, 1.54) is 0 Å². The minimum Gasteiger partial charge on any atom is -0.321 e. The van der Waals surface area contributed by atoms with Crippen molar-refractivity contribution in [2.45, 2.75) is 0 Å². The molecule has 0 saturated heterocycles. The van der Waals surface area contributed by atoms with E-state index in [4.69, 9.17) is 6.42 Å². The van der Waals surface area contributed by atoms with Gasteiger partial charge < -0.3 is 4.57 Å². The first-order valence-corrected chi connectivity index (χ1v) is 4.36. The number of nitrogens with zero attached hydrogens (tertiary/aromatic N) is 2. The van der Waals surface area contributed by atoms with Crippen LogP contribution in [0.2, 0.25) is 0 Å². The van der Waals surface area contributed by atoms with Crippen molar-refractivity contribution < 1.29 is 0 Å². The maximum Gasteiger partial charge on any atom is 0.140 e. The van der Waals surface area contributed by atoms with Gasteiger partial charge in [0, 0.05) is 12.6 Å². The Morgan fingerprint density at radius 3 is 2.57 bits per heavy atom. The summed E-state index contributed by atoms with van der Waals surface area (Å²) in [4.78, 5) is 4.28. The molecule has 2 aromatic rings. The van der Waals surface area contributed by atoms with E-state index < -0.39 is 0 Å². The van der Waals surface area contributed by atoms with Crippen LogP contribution in [0, 0.1) is 12.3 Å². The number of benzene rings is 1. The highest BCUT2D eigenvalue weighted by atomic mass is 15.1. The number of hydrogen-bond donors (Lipinski definition) is 0. The van der Waals surface area contributed by atoms with Crippen LogP contribution in [0.3, 0.4) is 0 Å². The first-order chi connectivity index (χ1) is 6.83. The molecule has 1 aromatic carbocycles. The van der Waals surface area contributed by atoms with Gasteiger partial charge in [0.1, 0.15) is 11.5 Å². The van der Waals surface area contributed by atoms with E-state index >= 15 is 0 Å². The van der Waals surface area contributed by atoms with Gasteiger partial charge >= 0.3 is 0 Å². The molecule has 0 unspecified atom stereocenters. The second kappa shape index (κ2) is 3.39. The lowest BCUT2D eigenvalue weighted by Crippen LogP contribution is -1.94. The molecule has 0 amide bonds. The molecule has 0 N–H and O–H groups in total. The van der Waals surface area contributed by atoms with Crippen molar-refractivity contribution in [2.24, 2.45) is 7.05 Å². The lowest BCUT2D eigenvalue weighted by atomic mass is 10.2. The van der Waals surface area contributed by atoms with Crippen LogP contribution in [0.25, 0.3) is 11.4 Å². The highest BCUT2D eigenvalue weighted by Gasteiger charge is 2.05. The van der Waals surface area contributed by atoms with Crippen molar-refractivity contribution in [1.82, 2.24) is 9.55 Å². The van der Waals surface area contributed by atoms with E-state index in [1.807, 2.05) is 41.9 Å². The predicted octanol–water partition coefficient (Wildman–Crippen LogP) is 2.07. The van der Waals surface area contributed by atoms with Gasteiger partial charge in [0.05, 0.1) is 6.20 Å². The average molecular weight is 182 g/mol. The van der Waals surface area contributed by atoms with Gasteiger partial charge in [-0.3, -0.25) is 0 Å². The van der Waals surface area contributed by atoms with Crippen LogP contribution in [0.5, 0.6) is 0 Å². The first kappa shape index (κ1) is 8.58. The van der Waals surface area contributed by atoms with Crippen LogP contribution in [-0.2, 0) is 7.05 Å². The van der Waals surface area contributed by atoms with Gasteiger partial charge in [-0.05, 0) is 0 Å². The Morgan fingerprint density at radius 1 is 1.29 bits per heavy atom. The van der Waals surface area contributed by atoms with Crippen molar-refractivity contribution in [3.63, 3.8) is 0 Å². The van der Waals surface area contributed by atoms with E-state index in [-0.39, 0.29) is 0 Å². The molecular weight excluding hydrogens is 172 g/mol. The van der Waals surface area contributed by atoms with Gasteiger partial charge in [-0.1, -0.05) is 36.3 Å². The second-order valence-corrected chi connectivity index (χ2v) is 3.04. The molecule has 0 aliphatic heterocycles. The standard InChI is InChI=1S/C12H10N2/c1-3-11-9-13-12(14(11)2)10-7-5-4-6-8-10/h1,4-9H,2H3. The lowest BCUT2D eigenvalue weighted by Gasteiger charge is -2.01. The Hall–Kier alpha value is -2.01. The molecule has 0 saturated carbocycles. The molecule has 0 spiro atoms. The average Bonchev–Trinajstić information content (AvgIpc) is 2.61. The monoisotopic (exact) mass is 182 g/mol. The molecular formula is C12H10N2. The molecule has 2 rings (SSSR count). The van der Waals surface area contributed by atoms with Crippen LogP contribution < -0.4 is 0 Å². The van der Waals surface area contributed by atoms with Crippen LogP contribution >= 0.6 is 0 Å². The van der Waals surface area contributed by atoms with Crippen molar-refractivity contribution >= 4 is 0 Å². The van der Waals surface area contributed by atoms with Gasteiger partial charge in [0.15, 0.2) is 0 Å². The van der Waals surface area contributed by atoms with Crippen LogP contribution in [0.1, 0.15) is 5.69 Å². The molecule has 0 bridgehead atoms. The molecule has 68 valence electrons. The normalized spacial score (nSPS) is 9.71. The summed E-state index contributed by atoms with van der Waals surface area (Å²) in [5, 5.41) is 0. The second-order valence-electron chi connectivity index (χ2n) is 3.04. The zero-order chi connectivity index (χ0) is 9.97. The molecule has 0 aliphatic rings. The minimum absolute atomic E-state index is 0.795. The minimum atomic E-state index is 0.795. The third-order valence-corrected chi connectivity index (χ3v) is 2.17. The summed E-state index contributed by atoms with van der Waals surface area (Å²) in [5.41, 5.74) is 1.88. The molecule has 2 heteroatoms. The summed E-state index contributed by atoms with van der Waals surface area (Å²) >= 11 is 0. The number of aromatic nitrogens is 2. The summed E-state index contributed by atoms with van der Waals surface area (Å²) in [6, 6.07) is 9.99. The largest absolute Gasteiger partial charge is 0.321 e. The summed E-state index contributed by atoms with van der Waals surface area (Å²) < 4.78 is 1.91. The molecule has 2 nitrogen and oxygen atoms in total. The van der Waals surface area contributed by atoms with Gasteiger partial charge in [-0.15, -0.1) is 6.42 Å². The highest BCUT2D eigenvalue weighted by Crippen LogP contribution is 2.17. The van der Waals surface area contributed by atoms with Crippen molar-refractivity contribution in [3.8, 4) is 23.7 Å². The van der Waals surface area contributed by atoms with Crippen LogP contribution in [-0.4, -0.2) is 9.55 Å². The molecule has 0 fully saturated rings. The maximum absolute atomic E-state index is 5.33. The van der Waals surface area contributed by atoms with Gasteiger partial charge in [-0.25, -0.2) is 4.98 Å². The van der Waals surface area contributed by atoms with E-state index in [9.17, 15) is 0 Å². The van der Waals surface area contributed by atoms with Gasteiger partial charge in [0.2, 0.25) is 0 Å². The Labute approximate surface area is 83.2 Å². The van der Waals surface area contributed by atoms with E-state index in [2.05, 4.69) is 10.9 Å². The quantitative estimate of drug-likeness (QED) is 0.617. The Bertz CT molecular complexity index is 475. The molecule has 0 atom stereocenters. The lowest BCUT2D eigenvalue weighted by molar-refractivity contribution is 0.911. The molecule has 14 heavy (non-hydrogen) atoms. The fraction of sp³-hybridized carbons (Fsp3) is 0.0833. The van der Waals surface area contributed by atoms with Crippen molar-refractivity contribution in [3.05, 3.63) is 42.2 Å². The Kier molecular flexibility index (Phi) is 2.08. The van der Waals surface area contributed by atoms with E-state index in [0.29, 0.717) is 0 Å². The predicted molar refractivity (Wildman–Crippen MR) is 56.6 cm³/mol. The molecule has 1 heterocycles. The molecule has 1 aromatic heterocycles. The van der Waals surface area contributed by atoms with Crippen LogP contribution in [0.4, 0.5) is 0 Å². The van der Waals surface area contributed by atoms with Gasteiger partial charge in [-0.2, -0.15) is 0 Å². The summed E-state index contributed by atoms with van der Waals surface area (Å²) in [6.45, 7) is 0.